The molecular weight excluding hydrogens is 342 g/mol. The number of aliphatic hydroxyl groups excluding tert-OH is 1. The normalized spacial score (nSPS) is 12.6. The first-order valence-electron chi connectivity index (χ1n) is 8.00. The maximum Gasteiger partial charge on any atom is 0.273 e. The number of carbonyl (C=O) groups is 1. The summed E-state index contributed by atoms with van der Waals surface area (Å²) in [7, 11) is 3.96. The molecule has 0 bridgehead atoms. The van der Waals surface area contributed by atoms with Gasteiger partial charge in [-0.3, -0.25) is 4.79 Å². The van der Waals surface area contributed by atoms with Crippen molar-refractivity contribution in [1.29, 1.82) is 0 Å². The minimum Gasteiger partial charge on any atom is -0.394 e. The minimum absolute atomic E-state index is 0.0404. The van der Waals surface area contributed by atoms with Gasteiger partial charge in [-0.25, -0.2) is 4.98 Å². The van der Waals surface area contributed by atoms with Gasteiger partial charge in [0.2, 0.25) is 0 Å². The SMILES string of the molecule is CC[C@@H](CO)N(Cc1ccc(C)s1)C(=O)c1csc(CN(C)C)n1. The Bertz CT molecular complexity index is 662. The lowest BCUT2D eigenvalue weighted by atomic mass is 10.2. The number of carbonyl (C=O) groups excluding carboxylic acids is 1. The molecule has 2 rings (SSSR count). The Labute approximate surface area is 151 Å². The Morgan fingerprint density at radius 1 is 1.33 bits per heavy atom. The van der Waals surface area contributed by atoms with Gasteiger partial charge in [-0.05, 0) is 39.6 Å². The number of nitrogens with zero attached hydrogens (tertiary/aromatic N) is 3. The monoisotopic (exact) mass is 367 g/mol. The summed E-state index contributed by atoms with van der Waals surface area (Å²) in [5.41, 5.74) is 0.469. The van der Waals surface area contributed by atoms with Crippen LogP contribution in [-0.4, -0.2) is 52.5 Å². The van der Waals surface area contributed by atoms with E-state index in [1.54, 1.807) is 16.2 Å². The van der Waals surface area contributed by atoms with Gasteiger partial charge in [0, 0.05) is 21.7 Å². The van der Waals surface area contributed by atoms with Crippen LogP contribution >= 0.6 is 22.7 Å². The summed E-state index contributed by atoms with van der Waals surface area (Å²) < 4.78 is 0. The fourth-order valence-electron chi connectivity index (χ4n) is 2.45. The molecule has 0 radical (unpaired) electrons. The molecule has 0 aromatic carbocycles. The van der Waals surface area contributed by atoms with Gasteiger partial charge in [-0.2, -0.15) is 0 Å². The lowest BCUT2D eigenvalue weighted by Gasteiger charge is -2.29. The molecule has 24 heavy (non-hydrogen) atoms. The molecule has 1 amide bonds. The lowest BCUT2D eigenvalue weighted by Crippen LogP contribution is -2.41. The Morgan fingerprint density at radius 2 is 2.08 bits per heavy atom. The van der Waals surface area contributed by atoms with E-state index in [1.165, 1.54) is 16.2 Å². The number of hydrogen-bond acceptors (Lipinski definition) is 6. The maximum absolute atomic E-state index is 13.0. The van der Waals surface area contributed by atoms with Crippen LogP contribution < -0.4 is 0 Å². The van der Waals surface area contributed by atoms with Gasteiger partial charge in [0.05, 0.1) is 19.2 Å². The van der Waals surface area contributed by atoms with Crippen molar-refractivity contribution in [2.45, 2.75) is 39.4 Å². The summed E-state index contributed by atoms with van der Waals surface area (Å²) in [6, 6.07) is 3.91. The van der Waals surface area contributed by atoms with Crippen LogP contribution in [0.2, 0.25) is 0 Å². The van der Waals surface area contributed by atoms with Crippen molar-refractivity contribution in [3.8, 4) is 0 Å². The summed E-state index contributed by atoms with van der Waals surface area (Å²) in [5, 5.41) is 12.4. The summed E-state index contributed by atoms with van der Waals surface area (Å²) in [6.07, 6.45) is 0.710. The molecule has 5 nitrogen and oxygen atoms in total. The smallest absolute Gasteiger partial charge is 0.273 e. The summed E-state index contributed by atoms with van der Waals surface area (Å²) >= 11 is 3.18. The third-order valence-electron chi connectivity index (χ3n) is 3.73. The molecule has 0 saturated carbocycles. The molecule has 132 valence electrons. The van der Waals surface area contributed by atoms with Crippen molar-refractivity contribution < 1.29 is 9.90 Å². The third-order valence-corrected chi connectivity index (χ3v) is 5.55. The van der Waals surface area contributed by atoms with E-state index in [-0.39, 0.29) is 18.6 Å². The highest BCUT2D eigenvalue weighted by Gasteiger charge is 2.25. The van der Waals surface area contributed by atoms with Crippen LogP contribution in [-0.2, 0) is 13.1 Å². The minimum atomic E-state index is -0.195. The highest BCUT2D eigenvalue weighted by Crippen LogP contribution is 2.22. The Hall–Kier alpha value is -1.28. The predicted molar refractivity (Wildman–Crippen MR) is 99.6 cm³/mol. The van der Waals surface area contributed by atoms with Gasteiger partial charge in [-0.1, -0.05) is 6.92 Å². The first kappa shape index (κ1) is 19.1. The molecule has 0 saturated heterocycles. The van der Waals surface area contributed by atoms with E-state index < -0.39 is 0 Å². The number of aliphatic hydroxyl groups is 1. The van der Waals surface area contributed by atoms with E-state index in [4.69, 9.17) is 0 Å². The van der Waals surface area contributed by atoms with Crippen LogP contribution in [0.4, 0.5) is 0 Å². The van der Waals surface area contributed by atoms with E-state index in [9.17, 15) is 9.90 Å². The molecule has 1 N–H and O–H groups in total. The second-order valence-electron chi connectivity index (χ2n) is 6.05. The largest absolute Gasteiger partial charge is 0.394 e. The van der Waals surface area contributed by atoms with Crippen LogP contribution in [0.15, 0.2) is 17.5 Å². The molecule has 0 unspecified atom stereocenters. The molecule has 0 aliphatic rings. The van der Waals surface area contributed by atoms with Crippen molar-refractivity contribution in [3.63, 3.8) is 0 Å². The fraction of sp³-hybridized carbons (Fsp3) is 0.529. The summed E-state index contributed by atoms with van der Waals surface area (Å²) in [6.45, 7) is 5.23. The van der Waals surface area contributed by atoms with Crippen LogP contribution in [0, 0.1) is 6.92 Å². The average molecular weight is 368 g/mol. The van der Waals surface area contributed by atoms with E-state index in [1.807, 2.05) is 37.4 Å². The lowest BCUT2D eigenvalue weighted by molar-refractivity contribution is 0.0561. The van der Waals surface area contributed by atoms with Gasteiger partial charge >= 0.3 is 0 Å². The fourth-order valence-corrected chi connectivity index (χ4v) is 4.23. The van der Waals surface area contributed by atoms with Crippen molar-refractivity contribution in [2.75, 3.05) is 20.7 Å². The van der Waals surface area contributed by atoms with Crippen LogP contribution in [0.5, 0.6) is 0 Å². The maximum atomic E-state index is 13.0. The second-order valence-corrected chi connectivity index (χ2v) is 8.37. The van der Waals surface area contributed by atoms with Crippen molar-refractivity contribution >= 4 is 28.6 Å². The Morgan fingerprint density at radius 3 is 2.62 bits per heavy atom. The number of thiophene rings is 1. The quantitative estimate of drug-likeness (QED) is 0.779. The van der Waals surface area contributed by atoms with E-state index in [0.29, 0.717) is 18.7 Å². The van der Waals surface area contributed by atoms with Crippen LogP contribution in [0.25, 0.3) is 0 Å². The molecule has 0 fully saturated rings. The number of rotatable bonds is 8. The molecule has 1 atom stereocenters. The molecule has 2 aromatic heterocycles. The van der Waals surface area contributed by atoms with Crippen molar-refractivity contribution in [3.05, 3.63) is 38.0 Å². The number of hydrogen-bond donors (Lipinski definition) is 1. The van der Waals surface area contributed by atoms with Gasteiger partial charge < -0.3 is 14.9 Å². The second kappa shape index (κ2) is 8.71. The molecule has 2 heterocycles. The first-order valence-corrected chi connectivity index (χ1v) is 9.70. The highest BCUT2D eigenvalue weighted by atomic mass is 32.1. The van der Waals surface area contributed by atoms with E-state index in [0.717, 1.165) is 16.4 Å². The molecule has 7 heteroatoms. The summed E-state index contributed by atoms with van der Waals surface area (Å²) in [5.74, 6) is -0.108. The molecular formula is C17H25N3O2S2. The first-order chi connectivity index (χ1) is 11.4. The van der Waals surface area contributed by atoms with Crippen LogP contribution in [0.3, 0.4) is 0 Å². The van der Waals surface area contributed by atoms with E-state index in [2.05, 4.69) is 18.0 Å². The zero-order valence-corrected chi connectivity index (χ0v) is 16.3. The number of amides is 1. The molecule has 0 aliphatic heterocycles. The van der Waals surface area contributed by atoms with Crippen molar-refractivity contribution in [2.24, 2.45) is 0 Å². The Balaban J connectivity index is 2.21. The van der Waals surface area contributed by atoms with Crippen LogP contribution in [0.1, 0.15) is 38.6 Å². The average Bonchev–Trinajstić information content (AvgIpc) is 3.15. The molecule has 0 aliphatic carbocycles. The third kappa shape index (κ3) is 4.86. The standard InChI is InChI=1S/C17H25N3O2S2/c1-5-13(10-21)20(8-14-7-6-12(2)24-14)17(22)15-11-23-16(18-15)9-19(3)4/h6-7,11,13,21H,5,8-10H2,1-4H3/t13-/m0/s1. The highest BCUT2D eigenvalue weighted by molar-refractivity contribution is 7.11. The Kier molecular flexibility index (Phi) is 6.91. The number of aryl methyl sites for hydroxylation is 1. The topological polar surface area (TPSA) is 56.7 Å². The zero-order valence-electron chi connectivity index (χ0n) is 14.7. The van der Waals surface area contributed by atoms with Gasteiger partial charge in [-0.15, -0.1) is 22.7 Å². The molecule has 2 aromatic rings. The van der Waals surface area contributed by atoms with Crippen molar-refractivity contribution in [1.82, 2.24) is 14.8 Å². The number of thiazole rings is 1. The zero-order chi connectivity index (χ0) is 17.7. The number of aromatic nitrogens is 1. The van der Waals surface area contributed by atoms with Gasteiger partial charge in [0.1, 0.15) is 10.7 Å². The summed E-state index contributed by atoms with van der Waals surface area (Å²) in [4.78, 5) is 23.6. The van der Waals surface area contributed by atoms with E-state index >= 15 is 0 Å². The predicted octanol–water partition coefficient (Wildman–Crippen LogP) is 2.99. The molecule has 0 spiro atoms. The van der Waals surface area contributed by atoms with Gasteiger partial charge in [0.25, 0.3) is 5.91 Å². The van der Waals surface area contributed by atoms with Gasteiger partial charge in [0.15, 0.2) is 0 Å².